The van der Waals surface area contributed by atoms with Crippen LogP contribution in [0.4, 0.5) is 11.4 Å². The Balaban J connectivity index is 1.68. The number of benzene rings is 2. The number of halogens is 1. The average molecular weight is 386 g/mol. The fraction of sp³-hybridized carbons (Fsp3) is 0.300. The smallest absolute Gasteiger partial charge is 0.250 e. The topological polar surface area (TPSA) is 79.5 Å². The third-order valence-corrected chi connectivity index (χ3v) is 5.61. The van der Waals surface area contributed by atoms with Gasteiger partial charge in [0.1, 0.15) is 11.3 Å². The SMILES string of the molecule is COc1ccc(NC(=O)[C@@H]2C[C@H](C)N[C@@]23C(=O)Nc2c(Cl)cccc23)cc1. The Morgan fingerprint density at radius 2 is 2.00 bits per heavy atom. The number of methoxy groups -OCH3 is 1. The van der Waals surface area contributed by atoms with Crippen LogP contribution in [0.5, 0.6) is 5.75 Å². The first-order chi connectivity index (χ1) is 13.0. The largest absolute Gasteiger partial charge is 0.497 e. The summed E-state index contributed by atoms with van der Waals surface area (Å²) in [6.45, 7) is 1.97. The molecule has 0 unspecified atom stereocenters. The molecule has 27 heavy (non-hydrogen) atoms. The molecule has 0 aromatic heterocycles. The Hall–Kier alpha value is -2.57. The van der Waals surface area contributed by atoms with Crippen LogP contribution in [0.2, 0.25) is 5.02 Å². The number of ether oxygens (including phenoxy) is 1. The van der Waals surface area contributed by atoms with Crippen LogP contribution in [0.3, 0.4) is 0 Å². The van der Waals surface area contributed by atoms with Crippen molar-refractivity contribution in [3.8, 4) is 5.75 Å². The molecule has 2 aliphatic heterocycles. The van der Waals surface area contributed by atoms with E-state index in [1.807, 2.05) is 13.0 Å². The molecule has 2 amide bonds. The monoisotopic (exact) mass is 385 g/mol. The van der Waals surface area contributed by atoms with E-state index in [1.54, 1.807) is 43.5 Å². The van der Waals surface area contributed by atoms with Crippen LogP contribution in [0, 0.1) is 5.92 Å². The number of amides is 2. The molecule has 4 rings (SSSR count). The lowest BCUT2D eigenvalue weighted by Crippen LogP contribution is -2.52. The zero-order valence-corrected chi connectivity index (χ0v) is 15.8. The maximum atomic E-state index is 13.1. The van der Waals surface area contributed by atoms with Crippen LogP contribution in [0.15, 0.2) is 42.5 Å². The zero-order valence-electron chi connectivity index (χ0n) is 15.0. The first-order valence-corrected chi connectivity index (χ1v) is 9.16. The second-order valence-electron chi connectivity index (χ2n) is 6.98. The summed E-state index contributed by atoms with van der Waals surface area (Å²) in [5, 5.41) is 9.59. The van der Waals surface area contributed by atoms with Gasteiger partial charge in [0.05, 0.1) is 23.7 Å². The number of rotatable bonds is 3. The number of fused-ring (bicyclic) bond motifs is 2. The lowest BCUT2D eigenvalue weighted by atomic mass is 9.79. The van der Waals surface area contributed by atoms with Gasteiger partial charge in [-0.2, -0.15) is 0 Å². The van der Waals surface area contributed by atoms with Gasteiger partial charge in [0, 0.05) is 17.3 Å². The van der Waals surface area contributed by atoms with Gasteiger partial charge in [-0.3, -0.25) is 14.9 Å². The van der Waals surface area contributed by atoms with Gasteiger partial charge in [0.2, 0.25) is 11.8 Å². The van der Waals surface area contributed by atoms with Gasteiger partial charge in [-0.15, -0.1) is 0 Å². The summed E-state index contributed by atoms with van der Waals surface area (Å²) < 4.78 is 5.14. The van der Waals surface area contributed by atoms with Gasteiger partial charge in [0.15, 0.2) is 0 Å². The van der Waals surface area contributed by atoms with Gasteiger partial charge in [-0.05, 0) is 43.7 Å². The fourth-order valence-corrected chi connectivity index (χ4v) is 4.31. The minimum atomic E-state index is -1.11. The van der Waals surface area contributed by atoms with Crippen LogP contribution >= 0.6 is 11.6 Å². The summed E-state index contributed by atoms with van der Waals surface area (Å²) in [6.07, 6.45) is 0.543. The Kier molecular flexibility index (Phi) is 4.32. The second kappa shape index (κ2) is 6.55. The Bertz CT molecular complexity index is 915. The molecule has 3 N–H and O–H groups in total. The first-order valence-electron chi connectivity index (χ1n) is 8.78. The summed E-state index contributed by atoms with van der Waals surface area (Å²) in [6, 6.07) is 12.5. The van der Waals surface area contributed by atoms with E-state index in [1.165, 1.54) is 0 Å². The van der Waals surface area contributed by atoms with E-state index < -0.39 is 11.5 Å². The van der Waals surface area contributed by atoms with Gasteiger partial charge < -0.3 is 15.4 Å². The van der Waals surface area contributed by atoms with E-state index in [4.69, 9.17) is 16.3 Å². The summed E-state index contributed by atoms with van der Waals surface area (Å²) in [5.74, 6) is -0.307. The molecule has 1 fully saturated rings. The molecule has 0 bridgehead atoms. The van der Waals surface area contributed by atoms with Crippen molar-refractivity contribution in [2.45, 2.75) is 24.9 Å². The molecule has 1 spiro atoms. The third-order valence-electron chi connectivity index (χ3n) is 5.30. The number of carbonyl (C=O) groups is 2. The van der Waals surface area contributed by atoms with Crippen molar-refractivity contribution in [1.82, 2.24) is 5.32 Å². The van der Waals surface area contributed by atoms with E-state index in [-0.39, 0.29) is 17.9 Å². The standard InChI is InChI=1S/C20H20ClN3O3/c1-11-10-15(18(25)22-12-6-8-13(27-2)9-7-12)20(24-11)14-4-3-5-16(21)17(14)23-19(20)26/h3-9,11,15,24H,10H2,1-2H3,(H,22,25)(H,23,26)/t11-,15-,20+/m0/s1. The van der Waals surface area contributed by atoms with Crippen LogP contribution < -0.4 is 20.7 Å². The normalized spacial score (nSPS) is 26.0. The summed E-state index contributed by atoms with van der Waals surface area (Å²) in [7, 11) is 1.59. The highest BCUT2D eigenvalue weighted by atomic mass is 35.5. The molecule has 140 valence electrons. The molecular formula is C20H20ClN3O3. The predicted octanol–water partition coefficient (Wildman–Crippen LogP) is 3.13. The lowest BCUT2D eigenvalue weighted by Gasteiger charge is -2.29. The molecular weight excluding hydrogens is 366 g/mol. The molecule has 1 saturated heterocycles. The fourth-order valence-electron chi connectivity index (χ4n) is 4.09. The van der Waals surface area contributed by atoms with Crippen molar-refractivity contribution < 1.29 is 14.3 Å². The van der Waals surface area contributed by atoms with Crippen molar-refractivity contribution in [1.29, 1.82) is 0 Å². The third kappa shape index (κ3) is 2.76. The van der Waals surface area contributed by atoms with Crippen molar-refractivity contribution >= 4 is 34.8 Å². The van der Waals surface area contributed by atoms with Crippen LogP contribution in [-0.4, -0.2) is 25.0 Å². The molecule has 0 saturated carbocycles. The Morgan fingerprint density at radius 3 is 2.70 bits per heavy atom. The van der Waals surface area contributed by atoms with E-state index in [0.717, 1.165) is 5.56 Å². The first kappa shape index (κ1) is 17.8. The van der Waals surface area contributed by atoms with E-state index in [2.05, 4.69) is 16.0 Å². The number of hydrogen-bond acceptors (Lipinski definition) is 4. The molecule has 2 aliphatic rings. The molecule has 0 aliphatic carbocycles. The Labute approximate surface area is 162 Å². The van der Waals surface area contributed by atoms with Crippen molar-refractivity contribution in [3.05, 3.63) is 53.1 Å². The highest BCUT2D eigenvalue weighted by Crippen LogP contribution is 2.49. The number of carbonyl (C=O) groups excluding carboxylic acids is 2. The van der Waals surface area contributed by atoms with Crippen molar-refractivity contribution in [3.63, 3.8) is 0 Å². The highest BCUT2D eigenvalue weighted by molar-refractivity contribution is 6.35. The molecule has 2 aromatic carbocycles. The van der Waals surface area contributed by atoms with E-state index in [0.29, 0.717) is 28.6 Å². The molecule has 2 heterocycles. The number of nitrogens with one attached hydrogen (secondary N) is 3. The molecule has 6 nitrogen and oxygen atoms in total. The van der Waals surface area contributed by atoms with Gasteiger partial charge in [-0.25, -0.2) is 0 Å². The van der Waals surface area contributed by atoms with E-state index >= 15 is 0 Å². The van der Waals surface area contributed by atoms with Crippen molar-refractivity contribution in [2.24, 2.45) is 5.92 Å². The van der Waals surface area contributed by atoms with Crippen LogP contribution in [0.1, 0.15) is 18.9 Å². The minimum absolute atomic E-state index is 0.00676. The maximum absolute atomic E-state index is 13.1. The molecule has 7 heteroatoms. The predicted molar refractivity (Wildman–Crippen MR) is 104 cm³/mol. The quantitative estimate of drug-likeness (QED) is 0.758. The van der Waals surface area contributed by atoms with Crippen LogP contribution in [-0.2, 0) is 15.1 Å². The summed E-state index contributed by atoms with van der Waals surface area (Å²) >= 11 is 6.26. The van der Waals surface area contributed by atoms with E-state index in [9.17, 15) is 9.59 Å². The lowest BCUT2D eigenvalue weighted by molar-refractivity contribution is -0.130. The summed E-state index contributed by atoms with van der Waals surface area (Å²) in [4.78, 5) is 26.1. The molecule has 3 atom stereocenters. The van der Waals surface area contributed by atoms with Crippen molar-refractivity contribution in [2.75, 3.05) is 17.7 Å². The molecule has 2 aromatic rings. The zero-order chi connectivity index (χ0) is 19.2. The summed E-state index contributed by atoms with van der Waals surface area (Å²) in [5.41, 5.74) is 0.836. The minimum Gasteiger partial charge on any atom is -0.497 e. The van der Waals surface area contributed by atoms with Gasteiger partial charge in [0.25, 0.3) is 0 Å². The Morgan fingerprint density at radius 1 is 1.26 bits per heavy atom. The number of anilines is 2. The average Bonchev–Trinajstić information content (AvgIpc) is 3.15. The second-order valence-corrected chi connectivity index (χ2v) is 7.38. The highest BCUT2D eigenvalue weighted by Gasteiger charge is 2.59. The van der Waals surface area contributed by atoms with Gasteiger partial charge >= 0.3 is 0 Å². The molecule has 0 radical (unpaired) electrons. The van der Waals surface area contributed by atoms with Crippen LogP contribution in [0.25, 0.3) is 0 Å². The number of hydrogen-bond donors (Lipinski definition) is 3. The van der Waals surface area contributed by atoms with Gasteiger partial charge in [-0.1, -0.05) is 23.7 Å². The number of para-hydroxylation sites is 1. The maximum Gasteiger partial charge on any atom is 0.250 e.